The summed E-state index contributed by atoms with van der Waals surface area (Å²) in [5, 5.41) is 0. The first-order valence-electron chi connectivity index (χ1n) is 3.21. The average Bonchev–Trinajstić information content (AvgIpc) is 1.88. The highest BCUT2D eigenvalue weighted by atomic mass is 79.9. The van der Waals surface area contributed by atoms with E-state index in [1.807, 2.05) is 31.2 Å². The van der Waals surface area contributed by atoms with Gasteiger partial charge in [-0.3, -0.25) is 0 Å². The number of rotatable bonds is 1. The van der Waals surface area contributed by atoms with Crippen molar-refractivity contribution >= 4 is 32.9 Å². The first-order chi connectivity index (χ1) is 4.70. The molecule has 0 aliphatic heterocycles. The molecule has 62 valence electrons. The van der Waals surface area contributed by atoms with Crippen molar-refractivity contribution in [2.24, 2.45) is 5.73 Å². The van der Waals surface area contributed by atoms with Crippen LogP contribution in [0.15, 0.2) is 28.7 Å². The van der Waals surface area contributed by atoms with Crippen molar-refractivity contribution in [2.45, 2.75) is 13.0 Å². The van der Waals surface area contributed by atoms with Crippen LogP contribution in [0.1, 0.15) is 18.5 Å². The van der Waals surface area contributed by atoms with Crippen LogP contribution < -0.4 is 5.73 Å². The van der Waals surface area contributed by atoms with Crippen molar-refractivity contribution in [2.75, 3.05) is 0 Å². The minimum Gasteiger partial charge on any atom is -0.324 e. The monoisotopic (exact) mass is 279 g/mol. The quantitative estimate of drug-likeness (QED) is 0.841. The molecule has 0 radical (unpaired) electrons. The second-order valence-electron chi connectivity index (χ2n) is 2.34. The molecule has 0 aliphatic carbocycles. The predicted octanol–water partition coefficient (Wildman–Crippen LogP) is 3.05. The number of hydrogen-bond donors (Lipinski definition) is 1. The molecule has 3 heteroatoms. The third-order valence-corrected chi connectivity index (χ3v) is 1.92. The minimum atomic E-state index is 0. The lowest BCUT2D eigenvalue weighted by atomic mass is 10.1. The lowest BCUT2D eigenvalue weighted by Gasteiger charge is -2.03. The highest BCUT2D eigenvalue weighted by Gasteiger charge is 1.96. The van der Waals surface area contributed by atoms with Crippen molar-refractivity contribution in [1.82, 2.24) is 0 Å². The molecule has 0 bridgehead atoms. The van der Waals surface area contributed by atoms with Gasteiger partial charge in [-0.25, -0.2) is 0 Å². The molecule has 1 aromatic carbocycles. The van der Waals surface area contributed by atoms with Gasteiger partial charge in [0.15, 0.2) is 0 Å². The van der Waals surface area contributed by atoms with Gasteiger partial charge in [0, 0.05) is 10.5 Å². The number of hydrogen-bond acceptors (Lipinski definition) is 1. The van der Waals surface area contributed by atoms with Gasteiger partial charge in [-0.1, -0.05) is 28.1 Å². The zero-order valence-electron chi connectivity index (χ0n) is 6.25. The molecule has 1 nitrogen and oxygen atoms in total. The number of nitrogens with two attached hydrogens (primary N) is 1. The summed E-state index contributed by atoms with van der Waals surface area (Å²) in [6, 6.07) is 8.18. The maximum atomic E-state index is 5.65. The highest BCUT2D eigenvalue weighted by Crippen LogP contribution is 2.14. The molecule has 0 aromatic heterocycles. The predicted molar refractivity (Wildman–Crippen MR) is 57.1 cm³/mol. The van der Waals surface area contributed by atoms with E-state index in [0.717, 1.165) is 4.47 Å². The fourth-order valence-electron chi connectivity index (χ4n) is 0.766. The van der Waals surface area contributed by atoms with E-state index < -0.39 is 0 Å². The maximum absolute atomic E-state index is 5.65. The van der Waals surface area contributed by atoms with E-state index in [2.05, 4.69) is 15.9 Å². The largest absolute Gasteiger partial charge is 0.324 e. The van der Waals surface area contributed by atoms with Crippen molar-refractivity contribution in [3.63, 3.8) is 0 Å². The van der Waals surface area contributed by atoms with Gasteiger partial charge in [-0.2, -0.15) is 0 Å². The molecule has 1 unspecified atom stereocenters. The Balaban J connectivity index is 0.000001000. The Bertz CT molecular complexity index is 206. The van der Waals surface area contributed by atoms with Crippen LogP contribution in [-0.4, -0.2) is 0 Å². The zero-order valence-corrected chi connectivity index (χ0v) is 9.55. The molecule has 1 aromatic rings. The van der Waals surface area contributed by atoms with Gasteiger partial charge in [-0.05, 0) is 24.6 Å². The van der Waals surface area contributed by atoms with Gasteiger partial charge >= 0.3 is 0 Å². The minimum absolute atomic E-state index is 0. The normalized spacial score (nSPS) is 11.9. The van der Waals surface area contributed by atoms with Crippen LogP contribution in [0.25, 0.3) is 0 Å². The molecule has 0 aliphatic rings. The van der Waals surface area contributed by atoms with Crippen LogP contribution in [0, 0.1) is 0 Å². The van der Waals surface area contributed by atoms with E-state index in [1.165, 1.54) is 5.56 Å². The van der Waals surface area contributed by atoms with E-state index in [-0.39, 0.29) is 23.0 Å². The zero-order chi connectivity index (χ0) is 7.56. The number of halogens is 2. The van der Waals surface area contributed by atoms with Crippen LogP contribution in [-0.2, 0) is 0 Å². The van der Waals surface area contributed by atoms with Crippen molar-refractivity contribution in [1.29, 1.82) is 0 Å². The molecule has 0 amide bonds. The molecule has 0 heterocycles. The molecule has 2 N–H and O–H groups in total. The van der Waals surface area contributed by atoms with Crippen molar-refractivity contribution in [3.8, 4) is 0 Å². The fraction of sp³-hybridized carbons (Fsp3) is 0.250. The van der Waals surface area contributed by atoms with E-state index in [9.17, 15) is 0 Å². The van der Waals surface area contributed by atoms with Crippen LogP contribution in [0.2, 0.25) is 0 Å². The first-order valence-corrected chi connectivity index (χ1v) is 4.00. The third kappa shape index (κ3) is 3.36. The molecule has 0 saturated heterocycles. The lowest BCUT2D eigenvalue weighted by molar-refractivity contribution is 0.818. The van der Waals surface area contributed by atoms with Crippen LogP contribution in [0.4, 0.5) is 0 Å². The second-order valence-corrected chi connectivity index (χ2v) is 3.26. The molecule has 0 saturated carbocycles. The Kier molecular flexibility index (Phi) is 4.97. The standard InChI is InChI=1S/C8H10BrN.BrH/c1-6(10)7-2-4-8(9)5-3-7;/h2-6H,10H2,1H3;1H. The molecule has 0 spiro atoms. The Morgan fingerprint density at radius 1 is 1.27 bits per heavy atom. The summed E-state index contributed by atoms with van der Waals surface area (Å²) in [6.07, 6.45) is 0. The molecule has 0 fully saturated rings. The van der Waals surface area contributed by atoms with Gasteiger partial charge in [-0.15, -0.1) is 17.0 Å². The molecular weight excluding hydrogens is 270 g/mol. The lowest BCUT2D eigenvalue weighted by Crippen LogP contribution is -2.03. The summed E-state index contributed by atoms with van der Waals surface area (Å²) in [5.74, 6) is 0. The van der Waals surface area contributed by atoms with Gasteiger partial charge in [0.2, 0.25) is 0 Å². The molecular formula is C8H11Br2N. The average molecular weight is 281 g/mol. The van der Waals surface area contributed by atoms with E-state index in [4.69, 9.17) is 5.73 Å². The van der Waals surface area contributed by atoms with E-state index >= 15 is 0 Å². The Morgan fingerprint density at radius 2 is 1.73 bits per heavy atom. The van der Waals surface area contributed by atoms with E-state index in [1.54, 1.807) is 0 Å². The van der Waals surface area contributed by atoms with E-state index in [0.29, 0.717) is 0 Å². The maximum Gasteiger partial charge on any atom is 0.0266 e. The summed E-state index contributed by atoms with van der Waals surface area (Å²) in [6.45, 7) is 1.98. The summed E-state index contributed by atoms with van der Waals surface area (Å²) in [4.78, 5) is 0. The highest BCUT2D eigenvalue weighted by molar-refractivity contribution is 9.10. The third-order valence-electron chi connectivity index (χ3n) is 1.40. The number of benzene rings is 1. The van der Waals surface area contributed by atoms with Gasteiger partial charge in [0.1, 0.15) is 0 Å². The second kappa shape index (κ2) is 4.91. The summed E-state index contributed by atoms with van der Waals surface area (Å²) >= 11 is 3.35. The first kappa shape index (κ1) is 11.1. The molecule has 1 atom stereocenters. The molecule has 11 heavy (non-hydrogen) atoms. The van der Waals surface area contributed by atoms with Crippen LogP contribution in [0.5, 0.6) is 0 Å². The van der Waals surface area contributed by atoms with Gasteiger partial charge in [0.25, 0.3) is 0 Å². The SMILES string of the molecule is Br.CC(N)c1ccc(Br)cc1. The summed E-state index contributed by atoms with van der Waals surface area (Å²) < 4.78 is 1.09. The smallest absolute Gasteiger partial charge is 0.0266 e. The van der Waals surface area contributed by atoms with Crippen LogP contribution in [0.3, 0.4) is 0 Å². The van der Waals surface area contributed by atoms with Crippen molar-refractivity contribution < 1.29 is 0 Å². The molecule has 1 rings (SSSR count). The summed E-state index contributed by atoms with van der Waals surface area (Å²) in [5.41, 5.74) is 6.82. The fourth-order valence-corrected chi connectivity index (χ4v) is 1.03. The summed E-state index contributed by atoms with van der Waals surface area (Å²) in [7, 11) is 0. The topological polar surface area (TPSA) is 26.0 Å². The Labute approximate surface area is 85.9 Å². The van der Waals surface area contributed by atoms with Crippen molar-refractivity contribution in [3.05, 3.63) is 34.3 Å². The van der Waals surface area contributed by atoms with Gasteiger partial charge in [0.05, 0.1) is 0 Å². The Hall–Kier alpha value is 0.140. The Morgan fingerprint density at radius 3 is 2.09 bits per heavy atom. The van der Waals surface area contributed by atoms with Gasteiger partial charge < -0.3 is 5.73 Å². The van der Waals surface area contributed by atoms with Crippen LogP contribution >= 0.6 is 32.9 Å².